The molecule has 122 valence electrons. The van der Waals surface area contributed by atoms with Crippen LogP contribution in [0.1, 0.15) is 22.6 Å². The Morgan fingerprint density at radius 2 is 1.74 bits per heavy atom. The highest BCUT2D eigenvalue weighted by atomic mass is 16.6. The van der Waals surface area contributed by atoms with Gasteiger partial charge in [-0.2, -0.15) is 0 Å². The quantitative estimate of drug-likeness (QED) is 0.940. The summed E-state index contributed by atoms with van der Waals surface area (Å²) in [6.07, 6.45) is -0.962. The highest BCUT2D eigenvalue weighted by molar-refractivity contribution is 5.52. The molecule has 2 atom stereocenters. The molecule has 23 heavy (non-hydrogen) atoms. The van der Waals surface area contributed by atoms with Crippen LogP contribution < -0.4 is 14.2 Å². The van der Waals surface area contributed by atoms with Crippen molar-refractivity contribution in [2.45, 2.75) is 18.8 Å². The van der Waals surface area contributed by atoms with Crippen LogP contribution in [0.15, 0.2) is 36.4 Å². The molecule has 0 saturated carbocycles. The van der Waals surface area contributed by atoms with E-state index in [1.165, 1.54) is 0 Å². The SMILES string of the molecule is COc1ccc(OC)c([C@H]2c3cccc(OC)c3CO[C@@H]2O)c1. The van der Waals surface area contributed by atoms with E-state index in [-0.39, 0.29) is 5.92 Å². The summed E-state index contributed by atoms with van der Waals surface area (Å²) in [6.45, 7) is 0.309. The molecule has 2 aromatic carbocycles. The molecule has 5 heteroatoms. The van der Waals surface area contributed by atoms with Crippen LogP contribution in [0.4, 0.5) is 0 Å². The highest BCUT2D eigenvalue weighted by Gasteiger charge is 2.34. The van der Waals surface area contributed by atoms with Crippen molar-refractivity contribution in [1.82, 2.24) is 0 Å². The Balaban J connectivity index is 2.17. The average molecular weight is 316 g/mol. The minimum atomic E-state index is -0.962. The van der Waals surface area contributed by atoms with Gasteiger partial charge < -0.3 is 24.1 Å². The Bertz CT molecular complexity index is 698. The molecule has 1 heterocycles. The van der Waals surface area contributed by atoms with Crippen LogP contribution >= 0.6 is 0 Å². The summed E-state index contributed by atoms with van der Waals surface area (Å²) in [5.74, 6) is 1.75. The van der Waals surface area contributed by atoms with E-state index in [1.807, 2.05) is 36.4 Å². The zero-order chi connectivity index (χ0) is 16.4. The first-order valence-electron chi connectivity index (χ1n) is 7.37. The second-order valence-electron chi connectivity index (χ2n) is 5.32. The molecule has 0 aliphatic carbocycles. The van der Waals surface area contributed by atoms with Crippen LogP contribution in [0.2, 0.25) is 0 Å². The molecule has 0 saturated heterocycles. The van der Waals surface area contributed by atoms with Gasteiger partial charge in [0, 0.05) is 11.1 Å². The fourth-order valence-electron chi connectivity index (χ4n) is 3.04. The van der Waals surface area contributed by atoms with Crippen LogP contribution in [-0.2, 0) is 11.3 Å². The van der Waals surface area contributed by atoms with E-state index < -0.39 is 6.29 Å². The van der Waals surface area contributed by atoms with E-state index in [1.54, 1.807) is 21.3 Å². The summed E-state index contributed by atoms with van der Waals surface area (Å²) in [5.41, 5.74) is 2.72. The second kappa shape index (κ2) is 6.48. The summed E-state index contributed by atoms with van der Waals surface area (Å²) in [5, 5.41) is 10.5. The molecule has 1 aliphatic heterocycles. The Morgan fingerprint density at radius 1 is 0.957 bits per heavy atom. The largest absolute Gasteiger partial charge is 0.497 e. The first-order chi connectivity index (χ1) is 11.2. The zero-order valence-corrected chi connectivity index (χ0v) is 13.4. The minimum Gasteiger partial charge on any atom is -0.497 e. The summed E-state index contributed by atoms with van der Waals surface area (Å²) < 4.78 is 21.8. The van der Waals surface area contributed by atoms with Crippen molar-refractivity contribution in [1.29, 1.82) is 0 Å². The maximum absolute atomic E-state index is 10.5. The lowest BCUT2D eigenvalue weighted by Crippen LogP contribution is -2.29. The minimum absolute atomic E-state index is 0.309. The predicted molar refractivity (Wildman–Crippen MR) is 85.2 cm³/mol. The van der Waals surface area contributed by atoms with Crippen molar-refractivity contribution in [3.05, 3.63) is 53.1 Å². The van der Waals surface area contributed by atoms with Gasteiger partial charge >= 0.3 is 0 Å². The molecule has 0 radical (unpaired) electrons. The molecule has 5 nitrogen and oxygen atoms in total. The molecule has 0 unspecified atom stereocenters. The average Bonchev–Trinajstić information content (AvgIpc) is 2.60. The third-order valence-electron chi connectivity index (χ3n) is 4.18. The van der Waals surface area contributed by atoms with Gasteiger partial charge in [-0.25, -0.2) is 0 Å². The van der Waals surface area contributed by atoms with Crippen molar-refractivity contribution in [2.75, 3.05) is 21.3 Å². The third kappa shape index (κ3) is 2.73. The first-order valence-corrected chi connectivity index (χ1v) is 7.37. The Kier molecular flexibility index (Phi) is 4.41. The molecule has 0 aromatic heterocycles. The molecule has 1 N–H and O–H groups in total. The number of aliphatic hydroxyl groups is 1. The number of methoxy groups -OCH3 is 3. The number of ether oxygens (including phenoxy) is 4. The molecule has 1 aliphatic rings. The summed E-state index contributed by atoms with van der Waals surface area (Å²) in [7, 11) is 4.84. The number of fused-ring (bicyclic) bond motifs is 1. The lowest BCUT2D eigenvalue weighted by Gasteiger charge is -2.32. The Labute approximate surface area is 135 Å². The van der Waals surface area contributed by atoms with Crippen molar-refractivity contribution in [2.24, 2.45) is 0 Å². The first kappa shape index (κ1) is 15.6. The smallest absolute Gasteiger partial charge is 0.166 e. The number of hydrogen-bond acceptors (Lipinski definition) is 5. The highest BCUT2D eigenvalue weighted by Crippen LogP contribution is 2.43. The van der Waals surface area contributed by atoms with E-state index in [9.17, 15) is 5.11 Å². The van der Waals surface area contributed by atoms with E-state index in [2.05, 4.69) is 0 Å². The standard InChI is InChI=1S/C18H20O5/c1-20-11-7-8-16(22-3)13(9-11)17-12-5-4-6-15(21-2)14(12)10-23-18(17)19/h4-9,17-19H,10H2,1-3H3/t17-,18+/m1/s1. The third-order valence-corrected chi connectivity index (χ3v) is 4.18. The van der Waals surface area contributed by atoms with Gasteiger partial charge in [-0.3, -0.25) is 0 Å². The predicted octanol–water partition coefficient (Wildman–Crippen LogP) is 2.69. The van der Waals surface area contributed by atoms with Gasteiger partial charge in [-0.15, -0.1) is 0 Å². The molecular formula is C18H20O5. The van der Waals surface area contributed by atoms with Crippen molar-refractivity contribution >= 4 is 0 Å². The van der Waals surface area contributed by atoms with Crippen LogP contribution in [0, 0.1) is 0 Å². The van der Waals surface area contributed by atoms with Crippen LogP contribution in [0.25, 0.3) is 0 Å². The van der Waals surface area contributed by atoms with Gasteiger partial charge in [0.1, 0.15) is 17.2 Å². The topological polar surface area (TPSA) is 57.2 Å². The number of hydrogen-bond donors (Lipinski definition) is 1. The van der Waals surface area contributed by atoms with Gasteiger partial charge in [0.25, 0.3) is 0 Å². The maximum Gasteiger partial charge on any atom is 0.166 e. The fraction of sp³-hybridized carbons (Fsp3) is 0.333. The number of rotatable bonds is 4. The number of benzene rings is 2. The van der Waals surface area contributed by atoms with Gasteiger partial charge in [0.15, 0.2) is 6.29 Å². The second-order valence-corrected chi connectivity index (χ2v) is 5.32. The van der Waals surface area contributed by atoms with Crippen molar-refractivity contribution < 1.29 is 24.1 Å². The molecule has 2 aromatic rings. The lowest BCUT2D eigenvalue weighted by molar-refractivity contribution is -0.126. The molecular weight excluding hydrogens is 296 g/mol. The Hall–Kier alpha value is -2.24. The summed E-state index contributed by atoms with van der Waals surface area (Å²) >= 11 is 0. The van der Waals surface area contributed by atoms with Gasteiger partial charge in [0.05, 0.1) is 33.9 Å². The maximum atomic E-state index is 10.5. The number of aliphatic hydroxyl groups excluding tert-OH is 1. The normalized spacial score (nSPS) is 19.8. The molecule has 3 rings (SSSR count). The summed E-state index contributed by atoms with van der Waals surface area (Å²) in [4.78, 5) is 0. The van der Waals surface area contributed by atoms with E-state index >= 15 is 0 Å². The van der Waals surface area contributed by atoms with E-state index in [0.29, 0.717) is 18.1 Å². The van der Waals surface area contributed by atoms with Crippen LogP contribution in [0.5, 0.6) is 17.2 Å². The van der Waals surface area contributed by atoms with Crippen LogP contribution in [-0.4, -0.2) is 32.7 Å². The lowest BCUT2D eigenvalue weighted by atomic mass is 9.85. The molecule has 0 amide bonds. The molecule has 0 fully saturated rings. The van der Waals surface area contributed by atoms with Crippen molar-refractivity contribution in [3.8, 4) is 17.2 Å². The fourth-order valence-corrected chi connectivity index (χ4v) is 3.04. The zero-order valence-electron chi connectivity index (χ0n) is 13.4. The molecule has 0 bridgehead atoms. The van der Waals surface area contributed by atoms with Crippen LogP contribution in [0.3, 0.4) is 0 Å². The van der Waals surface area contributed by atoms with Gasteiger partial charge in [-0.05, 0) is 29.8 Å². The molecule has 0 spiro atoms. The van der Waals surface area contributed by atoms with Gasteiger partial charge in [0.2, 0.25) is 0 Å². The monoisotopic (exact) mass is 316 g/mol. The van der Waals surface area contributed by atoms with E-state index in [4.69, 9.17) is 18.9 Å². The van der Waals surface area contributed by atoms with E-state index in [0.717, 1.165) is 22.4 Å². The summed E-state index contributed by atoms with van der Waals surface area (Å²) in [6, 6.07) is 11.3. The van der Waals surface area contributed by atoms with Gasteiger partial charge in [-0.1, -0.05) is 12.1 Å². The van der Waals surface area contributed by atoms with Crippen molar-refractivity contribution in [3.63, 3.8) is 0 Å². The Morgan fingerprint density at radius 3 is 2.43 bits per heavy atom.